The number of hydrogen-bond donors (Lipinski definition) is 4. The van der Waals surface area contributed by atoms with E-state index in [4.69, 9.17) is 21.5 Å². The predicted octanol–water partition coefficient (Wildman–Crippen LogP) is 0.806. The number of nitrogens with zero attached hydrogens (tertiary/aromatic N) is 7. The molecule has 4 rings (SSSR count). The van der Waals surface area contributed by atoms with Crippen LogP contribution in [0, 0.1) is 0 Å². The summed E-state index contributed by atoms with van der Waals surface area (Å²) >= 11 is 8.56. The van der Waals surface area contributed by atoms with Crippen LogP contribution in [0.15, 0.2) is 34.2 Å². The van der Waals surface area contributed by atoms with Crippen molar-refractivity contribution in [3.8, 4) is 0 Å². The fourth-order valence-corrected chi connectivity index (χ4v) is 7.10. The number of aliphatic carboxylic acids is 2. The average molecular weight is 712 g/mol. The molecule has 24 heteroatoms. The fraction of sp³-hybridized carbons (Fsp3) is 0.333. The van der Waals surface area contributed by atoms with E-state index in [0.717, 1.165) is 33.1 Å². The first-order valence-corrected chi connectivity index (χ1v) is 15.1. The summed E-state index contributed by atoms with van der Waals surface area (Å²) in [5.41, 5.74) is -1.14. The van der Waals surface area contributed by atoms with E-state index in [9.17, 15) is 42.3 Å². The minimum atomic E-state index is -5.23. The van der Waals surface area contributed by atoms with Gasteiger partial charge in [0.1, 0.15) is 40.3 Å². The number of anilines is 1. The molecule has 1 fully saturated rings. The molecule has 0 spiro atoms. The van der Waals surface area contributed by atoms with E-state index in [-0.39, 0.29) is 33.3 Å². The topological polar surface area (TPSA) is 231 Å². The second kappa shape index (κ2) is 13.8. The molecule has 2 aromatic heterocycles. The lowest BCUT2D eigenvalue weighted by molar-refractivity contribution is -0.167. The Labute approximate surface area is 265 Å². The van der Waals surface area contributed by atoms with Crippen molar-refractivity contribution in [2.75, 3.05) is 23.4 Å². The summed E-state index contributed by atoms with van der Waals surface area (Å²) in [5.74, 6) is -6.76. The zero-order valence-corrected chi connectivity index (χ0v) is 25.2. The summed E-state index contributed by atoms with van der Waals surface area (Å²) in [5, 5.41) is 35.7. The summed E-state index contributed by atoms with van der Waals surface area (Å²) in [6.45, 7) is 2.69. The van der Waals surface area contributed by atoms with Gasteiger partial charge in [0.2, 0.25) is 5.16 Å². The minimum absolute atomic E-state index is 0.00483. The number of tetrazole rings is 1. The third kappa shape index (κ3) is 7.54. The number of amides is 3. The van der Waals surface area contributed by atoms with Crippen LogP contribution >= 0.6 is 46.5 Å². The van der Waals surface area contributed by atoms with Gasteiger partial charge in [0.15, 0.2) is 10.8 Å². The maximum Gasteiger partial charge on any atom is 0.471 e. The highest BCUT2D eigenvalue weighted by Crippen LogP contribution is 2.41. The minimum Gasteiger partial charge on any atom is -0.480 e. The molecule has 0 radical (unpaired) electrons. The number of β-lactam (4-membered cyclic amide) rings is 1. The lowest BCUT2D eigenvalue weighted by Gasteiger charge is -2.49. The van der Waals surface area contributed by atoms with Crippen molar-refractivity contribution in [1.29, 1.82) is 0 Å². The number of carbonyl (C=O) groups excluding carboxylic acids is 3. The third-order valence-corrected chi connectivity index (χ3v) is 9.10. The summed E-state index contributed by atoms with van der Waals surface area (Å²) in [7, 11) is 0. The van der Waals surface area contributed by atoms with Crippen molar-refractivity contribution in [3.63, 3.8) is 0 Å². The number of oxime groups is 1. The number of thioether (sulfide) groups is 2. The van der Waals surface area contributed by atoms with E-state index in [0.29, 0.717) is 16.9 Å². The van der Waals surface area contributed by atoms with Crippen molar-refractivity contribution >= 4 is 87.0 Å². The number of hydrogen-bond acceptors (Lipinski definition) is 14. The van der Waals surface area contributed by atoms with Crippen LogP contribution in [-0.2, 0) is 35.4 Å². The molecule has 0 saturated carbocycles. The number of rotatable bonds is 13. The molecule has 4 heterocycles. The lowest BCUT2D eigenvalue weighted by Crippen LogP contribution is -2.71. The van der Waals surface area contributed by atoms with E-state index in [1.54, 1.807) is 0 Å². The molecular formula is C21H17ClF3N9O8S3. The Morgan fingerprint density at radius 3 is 2.67 bits per heavy atom. The highest BCUT2D eigenvalue weighted by molar-refractivity contribution is 8.01. The Balaban J connectivity index is 1.51. The van der Waals surface area contributed by atoms with Crippen LogP contribution in [0.25, 0.3) is 0 Å². The largest absolute Gasteiger partial charge is 0.480 e. The third-order valence-electron chi connectivity index (χ3n) is 5.55. The van der Waals surface area contributed by atoms with Crippen LogP contribution in [-0.4, -0.2) is 111 Å². The molecule has 2 aromatic rings. The molecule has 2 aliphatic heterocycles. The number of carbonyl (C=O) groups is 5. The van der Waals surface area contributed by atoms with Crippen molar-refractivity contribution in [3.05, 3.63) is 34.0 Å². The van der Waals surface area contributed by atoms with E-state index in [1.807, 2.05) is 0 Å². The predicted molar refractivity (Wildman–Crippen MR) is 150 cm³/mol. The van der Waals surface area contributed by atoms with Crippen LogP contribution in [0.4, 0.5) is 18.3 Å². The number of aromatic nitrogens is 5. The molecule has 17 nitrogen and oxygen atoms in total. The van der Waals surface area contributed by atoms with Crippen LogP contribution in [0.1, 0.15) is 5.69 Å². The zero-order chi connectivity index (χ0) is 33.1. The summed E-state index contributed by atoms with van der Waals surface area (Å²) in [6.07, 6.45) is -3.96. The smallest absolute Gasteiger partial charge is 0.471 e. The molecule has 1 unspecified atom stereocenters. The number of nitrogens with one attached hydrogen (secondary N) is 2. The van der Waals surface area contributed by atoms with Crippen LogP contribution in [0.3, 0.4) is 0 Å². The van der Waals surface area contributed by atoms with Gasteiger partial charge in [0, 0.05) is 11.5 Å². The Kier molecular flexibility index (Phi) is 10.3. The van der Waals surface area contributed by atoms with Gasteiger partial charge in [-0.3, -0.25) is 29.4 Å². The Morgan fingerprint density at radius 1 is 1.29 bits per heavy atom. The second-order valence-corrected chi connectivity index (χ2v) is 12.2. The number of fused-ring (bicyclic) bond motifs is 1. The Hall–Kier alpha value is -4.22. The molecule has 240 valence electrons. The summed E-state index contributed by atoms with van der Waals surface area (Å²) in [6, 6.07) is -1.26. The number of carboxylic acids is 2. The van der Waals surface area contributed by atoms with E-state index < -0.39 is 70.3 Å². The molecule has 3 amide bonds. The lowest BCUT2D eigenvalue weighted by atomic mass is 10.0. The van der Waals surface area contributed by atoms with Gasteiger partial charge in [-0.25, -0.2) is 14.5 Å². The molecule has 0 aliphatic carbocycles. The maximum absolute atomic E-state index is 13.2. The first kappa shape index (κ1) is 33.7. The number of alkyl halides is 3. The van der Waals surface area contributed by atoms with Gasteiger partial charge in [-0.15, -0.1) is 16.9 Å². The quantitative estimate of drug-likeness (QED) is 0.0563. The van der Waals surface area contributed by atoms with Crippen molar-refractivity contribution in [2.24, 2.45) is 5.16 Å². The highest BCUT2D eigenvalue weighted by Gasteiger charge is 2.54. The second-order valence-electron chi connectivity index (χ2n) is 8.54. The summed E-state index contributed by atoms with van der Waals surface area (Å²) < 4.78 is 38.7. The van der Waals surface area contributed by atoms with Gasteiger partial charge < -0.3 is 20.4 Å². The highest BCUT2D eigenvalue weighted by atomic mass is 35.5. The van der Waals surface area contributed by atoms with Gasteiger partial charge in [-0.05, 0) is 16.0 Å². The van der Waals surface area contributed by atoms with Gasteiger partial charge in [0.05, 0.1) is 0 Å². The number of thiazole rings is 1. The fourth-order valence-electron chi connectivity index (χ4n) is 3.70. The first-order valence-electron chi connectivity index (χ1n) is 11.9. The van der Waals surface area contributed by atoms with Crippen LogP contribution in [0.2, 0.25) is 4.34 Å². The molecular weight excluding hydrogens is 695 g/mol. The van der Waals surface area contributed by atoms with Crippen molar-refractivity contribution in [1.82, 2.24) is 35.4 Å². The van der Waals surface area contributed by atoms with Crippen LogP contribution < -0.4 is 10.6 Å². The van der Waals surface area contributed by atoms with Crippen LogP contribution in [0.5, 0.6) is 0 Å². The molecule has 0 bridgehead atoms. The first-order chi connectivity index (χ1) is 21.2. The Bertz CT molecular complexity index is 1630. The van der Waals surface area contributed by atoms with E-state index in [2.05, 4.69) is 37.6 Å². The maximum atomic E-state index is 13.2. The molecule has 4 N–H and O–H groups in total. The molecule has 45 heavy (non-hydrogen) atoms. The van der Waals surface area contributed by atoms with Gasteiger partial charge >= 0.3 is 24.0 Å². The number of halogens is 4. The number of carboxylic acid groups (broad SMARTS) is 2. The molecule has 2 aliphatic rings. The standard InChI is InChI=1S/C21H17ClF3N9O8S3/c1-2-3-42-30-10(9-13(22)45-19(27-9)28-18(41)21(23,24)25)14(37)26-11-15(38)34-12(17(39)40)7(5-43-16(11)34)6-44-20-29-31-32-33(20)4-8(35)36/h2,11,16H,1,3-6H2,(H,26,37)(H,35,36)(H,39,40)(H,27,28,41)/t11?,16-/m0/s1. The molecule has 2 atom stereocenters. The molecule has 0 aromatic carbocycles. The SMILES string of the molecule is C=CCON=C(C(=O)NC1C(=O)N2C(C(=O)O)=C(CSc3nnnn3CC(=O)O)CS[C@@H]12)c1nc(NC(=O)C(F)(F)F)sc1Cl. The van der Waals surface area contributed by atoms with Gasteiger partial charge in [-0.1, -0.05) is 52.5 Å². The van der Waals surface area contributed by atoms with Gasteiger partial charge in [0.25, 0.3) is 11.8 Å². The normalized spacial score (nSPS) is 18.2. The van der Waals surface area contributed by atoms with E-state index in [1.165, 1.54) is 11.4 Å². The summed E-state index contributed by atoms with van der Waals surface area (Å²) in [4.78, 5) is 70.5. The molecule has 1 saturated heterocycles. The monoisotopic (exact) mass is 711 g/mol. The van der Waals surface area contributed by atoms with Crippen molar-refractivity contribution < 1.29 is 52.2 Å². The zero-order valence-electron chi connectivity index (χ0n) is 22.0. The Morgan fingerprint density at radius 2 is 2.02 bits per heavy atom. The van der Waals surface area contributed by atoms with E-state index >= 15 is 0 Å². The van der Waals surface area contributed by atoms with Gasteiger partial charge in [-0.2, -0.15) is 13.2 Å². The average Bonchev–Trinajstić information content (AvgIpc) is 3.56. The van der Waals surface area contributed by atoms with Crippen molar-refractivity contribution in [2.45, 2.75) is 29.3 Å².